The minimum Gasteiger partial charge on any atom is -0.493 e. The predicted octanol–water partition coefficient (Wildman–Crippen LogP) is 3.52. The number of carbonyl (C=O) groups is 2. The van der Waals surface area contributed by atoms with E-state index in [4.69, 9.17) is 25.8 Å². The maximum atomic E-state index is 11.5. The second-order valence-electron chi connectivity index (χ2n) is 4.31. The zero-order valence-corrected chi connectivity index (χ0v) is 12.8. The largest absolute Gasteiger partial charge is 0.493 e. The van der Waals surface area contributed by atoms with E-state index in [2.05, 4.69) is 6.58 Å². The molecule has 2 aromatic rings. The molecule has 0 fully saturated rings. The third-order valence-electron chi connectivity index (χ3n) is 2.82. The Balaban J connectivity index is 2.75. The van der Waals surface area contributed by atoms with Gasteiger partial charge in [-0.2, -0.15) is 0 Å². The summed E-state index contributed by atoms with van der Waals surface area (Å²) in [6.45, 7) is 4.64. The van der Waals surface area contributed by atoms with Crippen molar-refractivity contribution in [3.63, 3.8) is 0 Å². The summed E-state index contributed by atoms with van der Waals surface area (Å²) in [6.07, 6.45) is 1.04. The van der Waals surface area contributed by atoms with Crippen LogP contribution in [0.1, 0.15) is 6.92 Å². The highest BCUT2D eigenvalue weighted by Gasteiger charge is 2.18. The van der Waals surface area contributed by atoms with Gasteiger partial charge in [-0.25, -0.2) is 4.79 Å². The lowest BCUT2D eigenvalue weighted by Gasteiger charge is -2.14. The molecular formula is C16H13ClO5. The van der Waals surface area contributed by atoms with Gasteiger partial charge in [0.05, 0.1) is 7.11 Å². The van der Waals surface area contributed by atoms with Gasteiger partial charge >= 0.3 is 11.9 Å². The van der Waals surface area contributed by atoms with Gasteiger partial charge in [0, 0.05) is 34.9 Å². The van der Waals surface area contributed by atoms with Gasteiger partial charge in [0.1, 0.15) is 5.75 Å². The summed E-state index contributed by atoms with van der Waals surface area (Å²) in [5.41, 5.74) is 0. The molecule has 0 heterocycles. The minimum atomic E-state index is -0.630. The summed E-state index contributed by atoms with van der Waals surface area (Å²) in [7, 11) is 1.42. The maximum Gasteiger partial charge on any atom is 0.335 e. The van der Waals surface area contributed by atoms with Crippen molar-refractivity contribution >= 4 is 34.3 Å². The summed E-state index contributed by atoms with van der Waals surface area (Å²) in [5, 5.41) is 1.50. The summed E-state index contributed by atoms with van der Waals surface area (Å²) < 4.78 is 15.6. The summed E-state index contributed by atoms with van der Waals surface area (Å²) in [5.74, 6) is -0.398. The molecule has 0 N–H and O–H groups in total. The van der Waals surface area contributed by atoms with Crippen molar-refractivity contribution in [2.75, 3.05) is 7.11 Å². The fourth-order valence-corrected chi connectivity index (χ4v) is 2.12. The number of halogens is 1. The van der Waals surface area contributed by atoms with Gasteiger partial charge in [0.2, 0.25) is 0 Å². The molecule has 0 spiro atoms. The Morgan fingerprint density at radius 1 is 1.14 bits per heavy atom. The first-order chi connectivity index (χ1) is 10.5. The van der Waals surface area contributed by atoms with Gasteiger partial charge in [-0.15, -0.1) is 0 Å². The highest BCUT2D eigenvalue weighted by atomic mass is 35.5. The lowest BCUT2D eigenvalue weighted by atomic mass is 10.1. The maximum absolute atomic E-state index is 11.5. The molecule has 22 heavy (non-hydrogen) atoms. The number of ether oxygens (including phenoxy) is 3. The predicted molar refractivity (Wildman–Crippen MR) is 82.7 cm³/mol. The Morgan fingerprint density at radius 2 is 1.86 bits per heavy atom. The van der Waals surface area contributed by atoms with Gasteiger partial charge in [-0.3, -0.25) is 4.79 Å². The number of methoxy groups -OCH3 is 1. The van der Waals surface area contributed by atoms with Crippen molar-refractivity contribution in [3.8, 4) is 17.2 Å². The number of esters is 2. The number of hydrogen-bond acceptors (Lipinski definition) is 5. The topological polar surface area (TPSA) is 61.8 Å². The van der Waals surface area contributed by atoms with Crippen LogP contribution >= 0.6 is 11.6 Å². The number of hydrogen-bond donors (Lipinski definition) is 0. The molecule has 5 nitrogen and oxygen atoms in total. The summed E-state index contributed by atoms with van der Waals surface area (Å²) in [6, 6.07) is 6.36. The van der Waals surface area contributed by atoms with E-state index in [-0.39, 0.29) is 17.2 Å². The van der Waals surface area contributed by atoms with E-state index < -0.39 is 11.9 Å². The van der Waals surface area contributed by atoms with Crippen LogP contribution in [0.15, 0.2) is 36.9 Å². The highest BCUT2D eigenvalue weighted by molar-refractivity contribution is 6.31. The quantitative estimate of drug-likeness (QED) is 0.490. The molecule has 2 rings (SSSR count). The smallest absolute Gasteiger partial charge is 0.335 e. The van der Waals surface area contributed by atoms with Crippen molar-refractivity contribution in [3.05, 3.63) is 41.9 Å². The lowest BCUT2D eigenvalue weighted by molar-refractivity contribution is -0.132. The molecule has 0 unspecified atom stereocenters. The lowest BCUT2D eigenvalue weighted by Crippen LogP contribution is -2.07. The Hall–Kier alpha value is -2.53. The van der Waals surface area contributed by atoms with Crippen LogP contribution in [0.25, 0.3) is 10.8 Å². The Labute approximate surface area is 132 Å². The van der Waals surface area contributed by atoms with E-state index >= 15 is 0 Å². The first-order valence-corrected chi connectivity index (χ1v) is 6.67. The van der Waals surface area contributed by atoms with Crippen molar-refractivity contribution in [2.24, 2.45) is 0 Å². The molecule has 0 aliphatic carbocycles. The minimum absolute atomic E-state index is 0.204. The normalized spacial score (nSPS) is 10.1. The standard InChI is InChI=1S/C16H13ClO5/c1-4-15(19)22-16-11-6-5-10(17)7-12(11)13(21-9(2)18)8-14(16)20-3/h4-8H,1H2,2-3H3. The average Bonchev–Trinajstić information content (AvgIpc) is 2.48. The van der Waals surface area contributed by atoms with Gasteiger partial charge in [-0.1, -0.05) is 18.2 Å². The van der Waals surface area contributed by atoms with Crippen molar-refractivity contribution in [2.45, 2.75) is 6.92 Å². The molecule has 0 amide bonds. The third-order valence-corrected chi connectivity index (χ3v) is 3.06. The van der Waals surface area contributed by atoms with Gasteiger partial charge in [0.25, 0.3) is 0 Å². The second kappa shape index (κ2) is 6.49. The first kappa shape index (κ1) is 15.9. The molecule has 0 aromatic heterocycles. The molecule has 114 valence electrons. The Kier molecular flexibility index (Phi) is 4.68. The fraction of sp³-hybridized carbons (Fsp3) is 0.125. The Bertz CT molecular complexity index is 767. The van der Waals surface area contributed by atoms with Crippen molar-refractivity contribution in [1.29, 1.82) is 0 Å². The molecule has 0 bridgehead atoms. The summed E-state index contributed by atoms with van der Waals surface area (Å²) >= 11 is 5.99. The molecule has 0 aliphatic heterocycles. The van der Waals surface area contributed by atoms with Crippen molar-refractivity contribution < 1.29 is 23.8 Å². The van der Waals surface area contributed by atoms with Crippen LogP contribution < -0.4 is 14.2 Å². The van der Waals surface area contributed by atoms with Crippen LogP contribution in [0.3, 0.4) is 0 Å². The molecule has 2 aromatic carbocycles. The molecule has 6 heteroatoms. The van der Waals surface area contributed by atoms with Crippen LogP contribution in [0.5, 0.6) is 17.2 Å². The van der Waals surface area contributed by atoms with Gasteiger partial charge in [-0.05, 0) is 18.2 Å². The number of fused-ring (bicyclic) bond motifs is 1. The van der Waals surface area contributed by atoms with E-state index in [0.29, 0.717) is 15.8 Å². The fourth-order valence-electron chi connectivity index (χ4n) is 1.95. The van der Waals surface area contributed by atoms with Crippen molar-refractivity contribution in [1.82, 2.24) is 0 Å². The number of rotatable bonds is 4. The number of benzene rings is 2. The van der Waals surface area contributed by atoms with Crippen LogP contribution in [0, 0.1) is 0 Å². The van der Waals surface area contributed by atoms with E-state index in [1.54, 1.807) is 18.2 Å². The second-order valence-corrected chi connectivity index (χ2v) is 4.75. The van der Waals surface area contributed by atoms with Crippen LogP contribution in [-0.4, -0.2) is 19.0 Å². The zero-order valence-electron chi connectivity index (χ0n) is 12.0. The Morgan fingerprint density at radius 3 is 2.45 bits per heavy atom. The van der Waals surface area contributed by atoms with E-state index in [1.165, 1.54) is 20.1 Å². The van der Waals surface area contributed by atoms with E-state index in [9.17, 15) is 9.59 Å². The molecule has 0 aliphatic rings. The van der Waals surface area contributed by atoms with Gasteiger partial charge < -0.3 is 14.2 Å². The van der Waals surface area contributed by atoms with Crippen LogP contribution in [0.4, 0.5) is 0 Å². The van der Waals surface area contributed by atoms with Gasteiger partial charge in [0.15, 0.2) is 11.5 Å². The molecule has 0 radical (unpaired) electrons. The van der Waals surface area contributed by atoms with E-state index in [1.807, 2.05) is 0 Å². The molecule has 0 saturated carbocycles. The highest BCUT2D eigenvalue weighted by Crippen LogP contribution is 2.42. The molecule has 0 atom stereocenters. The first-order valence-electron chi connectivity index (χ1n) is 6.29. The average molecular weight is 321 g/mol. The SMILES string of the molecule is C=CC(=O)Oc1c(OC)cc(OC(C)=O)c2cc(Cl)ccc12. The molecular weight excluding hydrogens is 308 g/mol. The van der Waals surface area contributed by atoms with Crippen LogP contribution in [0.2, 0.25) is 5.02 Å². The molecule has 0 saturated heterocycles. The van der Waals surface area contributed by atoms with E-state index in [0.717, 1.165) is 6.08 Å². The summed E-state index contributed by atoms with van der Waals surface area (Å²) in [4.78, 5) is 22.8. The third kappa shape index (κ3) is 3.20. The monoisotopic (exact) mass is 320 g/mol. The number of carbonyl (C=O) groups excluding carboxylic acids is 2. The van der Waals surface area contributed by atoms with Crippen LogP contribution in [-0.2, 0) is 9.59 Å². The zero-order chi connectivity index (χ0) is 16.3.